The standard InChI is InChI=1S/C15H15N3O3/c1-18(15(21)12-6-7-17-13(19)8-12)9-10-2-4-11(5-3-10)14(16)20/h2-8H,9H2,1H3,(H2,16,20)(H,17,19). The fourth-order valence-electron chi connectivity index (χ4n) is 1.92. The van der Waals surface area contributed by atoms with Crippen LogP contribution in [0.3, 0.4) is 0 Å². The first-order valence-electron chi connectivity index (χ1n) is 6.30. The van der Waals surface area contributed by atoms with Gasteiger partial charge >= 0.3 is 0 Å². The van der Waals surface area contributed by atoms with Crippen LogP contribution >= 0.6 is 0 Å². The summed E-state index contributed by atoms with van der Waals surface area (Å²) in [6, 6.07) is 9.52. The van der Waals surface area contributed by atoms with E-state index in [1.54, 1.807) is 37.4 Å². The van der Waals surface area contributed by atoms with Crippen molar-refractivity contribution in [2.24, 2.45) is 5.73 Å². The van der Waals surface area contributed by atoms with Gasteiger partial charge in [-0.15, -0.1) is 0 Å². The average molecular weight is 285 g/mol. The summed E-state index contributed by atoms with van der Waals surface area (Å²) in [6.45, 7) is 0.366. The number of primary amides is 1. The first-order valence-corrected chi connectivity index (χ1v) is 6.30. The van der Waals surface area contributed by atoms with Crippen LogP contribution in [0.25, 0.3) is 0 Å². The summed E-state index contributed by atoms with van der Waals surface area (Å²) in [6.07, 6.45) is 1.44. The Labute approximate surface area is 121 Å². The Bertz CT molecular complexity index is 719. The van der Waals surface area contributed by atoms with E-state index in [2.05, 4.69) is 4.98 Å². The summed E-state index contributed by atoms with van der Waals surface area (Å²) < 4.78 is 0. The zero-order chi connectivity index (χ0) is 15.4. The van der Waals surface area contributed by atoms with Crippen molar-refractivity contribution in [1.82, 2.24) is 9.88 Å². The molecule has 1 aromatic carbocycles. The minimum absolute atomic E-state index is 0.250. The van der Waals surface area contributed by atoms with Crippen LogP contribution in [-0.4, -0.2) is 28.7 Å². The number of aromatic nitrogens is 1. The molecule has 0 bridgehead atoms. The molecule has 0 saturated heterocycles. The number of nitrogens with one attached hydrogen (secondary N) is 1. The number of amides is 2. The molecule has 0 aliphatic carbocycles. The van der Waals surface area contributed by atoms with Crippen LogP contribution in [0.5, 0.6) is 0 Å². The maximum Gasteiger partial charge on any atom is 0.254 e. The Morgan fingerprint density at radius 3 is 2.38 bits per heavy atom. The normalized spacial score (nSPS) is 10.1. The minimum atomic E-state index is -0.491. The quantitative estimate of drug-likeness (QED) is 0.867. The number of nitrogens with two attached hydrogens (primary N) is 1. The summed E-state index contributed by atoms with van der Waals surface area (Å²) in [5.74, 6) is -0.741. The molecule has 3 N–H and O–H groups in total. The number of hydrogen-bond donors (Lipinski definition) is 2. The number of benzene rings is 1. The Balaban J connectivity index is 2.10. The number of hydrogen-bond acceptors (Lipinski definition) is 3. The van der Waals surface area contributed by atoms with Gasteiger partial charge in [0, 0.05) is 37.0 Å². The van der Waals surface area contributed by atoms with Gasteiger partial charge in [0.1, 0.15) is 0 Å². The van der Waals surface area contributed by atoms with Gasteiger partial charge in [0.15, 0.2) is 0 Å². The van der Waals surface area contributed by atoms with Crippen molar-refractivity contribution in [3.05, 3.63) is 69.6 Å². The molecule has 6 heteroatoms. The molecule has 0 atom stereocenters. The minimum Gasteiger partial charge on any atom is -0.366 e. The van der Waals surface area contributed by atoms with E-state index in [0.717, 1.165) is 5.56 Å². The maximum absolute atomic E-state index is 12.2. The number of H-pyrrole nitrogens is 1. The van der Waals surface area contributed by atoms with E-state index in [1.807, 2.05) is 0 Å². The molecule has 0 radical (unpaired) electrons. The Morgan fingerprint density at radius 1 is 1.14 bits per heavy atom. The predicted octanol–water partition coefficient (Wildman–Crippen LogP) is 0.746. The van der Waals surface area contributed by atoms with E-state index in [9.17, 15) is 14.4 Å². The molecule has 2 rings (SSSR count). The van der Waals surface area contributed by atoms with Gasteiger partial charge in [-0.2, -0.15) is 0 Å². The predicted molar refractivity (Wildman–Crippen MR) is 77.8 cm³/mol. The lowest BCUT2D eigenvalue weighted by molar-refractivity contribution is 0.0784. The topological polar surface area (TPSA) is 96.3 Å². The summed E-state index contributed by atoms with van der Waals surface area (Å²) in [5.41, 5.74) is 6.46. The fourth-order valence-corrected chi connectivity index (χ4v) is 1.92. The van der Waals surface area contributed by atoms with Crippen molar-refractivity contribution in [2.75, 3.05) is 7.05 Å². The van der Waals surface area contributed by atoms with Gasteiger partial charge in [-0.25, -0.2) is 0 Å². The number of nitrogens with zero attached hydrogens (tertiary/aromatic N) is 1. The molecule has 0 aliphatic rings. The Hall–Kier alpha value is -2.89. The second-order valence-electron chi connectivity index (χ2n) is 4.66. The van der Waals surface area contributed by atoms with Crippen LogP contribution in [-0.2, 0) is 6.54 Å². The van der Waals surface area contributed by atoms with Crippen molar-refractivity contribution in [3.63, 3.8) is 0 Å². The molecule has 2 aromatic rings. The Kier molecular flexibility index (Phi) is 4.18. The van der Waals surface area contributed by atoms with E-state index < -0.39 is 5.91 Å². The van der Waals surface area contributed by atoms with Gasteiger partial charge in [-0.05, 0) is 23.8 Å². The molecular weight excluding hydrogens is 270 g/mol. The van der Waals surface area contributed by atoms with Crippen molar-refractivity contribution < 1.29 is 9.59 Å². The first-order chi connectivity index (χ1) is 9.97. The molecular formula is C15H15N3O3. The lowest BCUT2D eigenvalue weighted by atomic mass is 10.1. The van der Waals surface area contributed by atoms with E-state index in [4.69, 9.17) is 5.73 Å². The molecule has 0 aliphatic heterocycles. The molecule has 6 nitrogen and oxygen atoms in total. The number of pyridine rings is 1. The highest BCUT2D eigenvalue weighted by Crippen LogP contribution is 2.09. The molecule has 21 heavy (non-hydrogen) atoms. The molecule has 0 saturated carbocycles. The third-order valence-corrected chi connectivity index (χ3v) is 3.03. The second kappa shape index (κ2) is 6.04. The zero-order valence-electron chi connectivity index (χ0n) is 11.5. The summed E-state index contributed by atoms with van der Waals surface area (Å²) in [5, 5.41) is 0. The highest BCUT2D eigenvalue weighted by atomic mass is 16.2. The van der Waals surface area contributed by atoms with Crippen molar-refractivity contribution in [3.8, 4) is 0 Å². The highest BCUT2D eigenvalue weighted by Gasteiger charge is 2.12. The smallest absolute Gasteiger partial charge is 0.254 e. The van der Waals surface area contributed by atoms with Crippen LogP contribution in [0.2, 0.25) is 0 Å². The molecule has 108 valence electrons. The van der Waals surface area contributed by atoms with Crippen LogP contribution in [0.4, 0.5) is 0 Å². The molecule has 0 fully saturated rings. The number of carbonyl (C=O) groups is 2. The monoisotopic (exact) mass is 285 g/mol. The summed E-state index contributed by atoms with van der Waals surface area (Å²) in [4.78, 5) is 38.3. The van der Waals surface area contributed by atoms with Gasteiger partial charge < -0.3 is 15.6 Å². The average Bonchev–Trinajstić information content (AvgIpc) is 2.47. The van der Waals surface area contributed by atoms with E-state index in [0.29, 0.717) is 17.7 Å². The summed E-state index contributed by atoms with van der Waals surface area (Å²) in [7, 11) is 1.64. The molecule has 0 spiro atoms. The van der Waals surface area contributed by atoms with Crippen LogP contribution < -0.4 is 11.3 Å². The van der Waals surface area contributed by atoms with Gasteiger partial charge in [0.2, 0.25) is 11.5 Å². The second-order valence-corrected chi connectivity index (χ2v) is 4.66. The molecule has 1 heterocycles. The largest absolute Gasteiger partial charge is 0.366 e. The highest BCUT2D eigenvalue weighted by molar-refractivity contribution is 5.94. The maximum atomic E-state index is 12.2. The number of aromatic amines is 1. The number of rotatable bonds is 4. The van der Waals surface area contributed by atoms with E-state index in [1.165, 1.54) is 17.2 Å². The van der Waals surface area contributed by atoms with Crippen molar-refractivity contribution >= 4 is 11.8 Å². The van der Waals surface area contributed by atoms with Crippen molar-refractivity contribution in [2.45, 2.75) is 6.54 Å². The lowest BCUT2D eigenvalue weighted by Crippen LogP contribution is -2.27. The number of carbonyl (C=O) groups excluding carboxylic acids is 2. The van der Waals surface area contributed by atoms with Crippen LogP contribution in [0.1, 0.15) is 26.3 Å². The van der Waals surface area contributed by atoms with E-state index >= 15 is 0 Å². The van der Waals surface area contributed by atoms with E-state index in [-0.39, 0.29) is 11.5 Å². The molecule has 2 amide bonds. The Morgan fingerprint density at radius 2 is 1.81 bits per heavy atom. The fraction of sp³-hybridized carbons (Fsp3) is 0.133. The van der Waals surface area contributed by atoms with Crippen LogP contribution in [0, 0.1) is 0 Å². The molecule has 1 aromatic heterocycles. The van der Waals surface area contributed by atoms with Crippen molar-refractivity contribution in [1.29, 1.82) is 0 Å². The van der Waals surface area contributed by atoms with Crippen LogP contribution in [0.15, 0.2) is 47.4 Å². The first kappa shape index (κ1) is 14.5. The zero-order valence-corrected chi connectivity index (χ0v) is 11.5. The van der Waals surface area contributed by atoms with Gasteiger partial charge in [0.25, 0.3) is 5.91 Å². The third-order valence-electron chi connectivity index (χ3n) is 3.03. The molecule has 0 unspecified atom stereocenters. The summed E-state index contributed by atoms with van der Waals surface area (Å²) >= 11 is 0. The van der Waals surface area contributed by atoms with Gasteiger partial charge in [0.05, 0.1) is 0 Å². The SMILES string of the molecule is CN(Cc1ccc(C(N)=O)cc1)C(=O)c1cc[nH]c(=O)c1. The van der Waals surface area contributed by atoms with Gasteiger partial charge in [-0.1, -0.05) is 12.1 Å². The lowest BCUT2D eigenvalue weighted by Gasteiger charge is -2.17. The third kappa shape index (κ3) is 3.56. The van der Waals surface area contributed by atoms with Gasteiger partial charge in [-0.3, -0.25) is 14.4 Å².